The minimum Gasteiger partial charge on any atom is -0.448 e. The van der Waals surface area contributed by atoms with E-state index in [-0.39, 0.29) is 0 Å². The highest BCUT2D eigenvalue weighted by molar-refractivity contribution is 9.09. The molecule has 0 aliphatic heterocycles. The van der Waals surface area contributed by atoms with Crippen molar-refractivity contribution in [3.63, 3.8) is 0 Å². The highest BCUT2D eigenvalue weighted by Gasteiger charge is 2.03. The number of hydrogen-bond acceptors (Lipinski definition) is 2. The Morgan fingerprint density at radius 2 is 2.33 bits per heavy atom. The molecule has 1 aromatic rings. The number of benzene rings is 1. The normalized spacial score (nSPS) is 9.80. The van der Waals surface area contributed by atoms with E-state index in [1.165, 1.54) is 0 Å². The lowest BCUT2D eigenvalue weighted by Gasteiger charge is -2.06. The lowest BCUT2D eigenvalue weighted by atomic mass is 10.2. The Bertz CT molecular complexity index is 357. The zero-order chi connectivity index (χ0) is 11.3. The van der Waals surface area contributed by atoms with Crippen LogP contribution in [0.25, 0.3) is 0 Å². The highest BCUT2D eigenvalue weighted by atomic mass is 79.9. The Kier molecular flexibility index (Phi) is 4.91. The average molecular weight is 293 g/mol. The Morgan fingerprint density at radius 1 is 1.60 bits per heavy atom. The predicted molar refractivity (Wildman–Crippen MR) is 65.0 cm³/mol. The zero-order valence-corrected chi connectivity index (χ0v) is 10.6. The van der Waals surface area contributed by atoms with E-state index < -0.39 is 6.09 Å². The second kappa shape index (κ2) is 5.98. The fourth-order valence-electron chi connectivity index (χ4n) is 0.956. The Hall–Kier alpha value is -0.740. The van der Waals surface area contributed by atoms with E-state index >= 15 is 0 Å². The van der Waals surface area contributed by atoms with Crippen LogP contribution in [0.1, 0.15) is 5.56 Å². The number of alkyl halides is 1. The number of aryl methyl sites for hydroxylation is 1. The summed E-state index contributed by atoms with van der Waals surface area (Å²) in [4.78, 5) is 11.2. The van der Waals surface area contributed by atoms with E-state index in [4.69, 9.17) is 16.3 Å². The van der Waals surface area contributed by atoms with Gasteiger partial charge in [0.15, 0.2) is 0 Å². The number of carbonyl (C=O) groups excluding carboxylic acids is 1. The summed E-state index contributed by atoms with van der Waals surface area (Å²) in [5.74, 6) is 0. The maximum Gasteiger partial charge on any atom is 0.411 e. The van der Waals surface area contributed by atoms with Crippen molar-refractivity contribution in [1.82, 2.24) is 0 Å². The molecule has 3 nitrogen and oxygen atoms in total. The fraction of sp³-hybridized carbons (Fsp3) is 0.300. The molecule has 0 fully saturated rings. The maximum atomic E-state index is 11.2. The van der Waals surface area contributed by atoms with Crippen LogP contribution in [0.2, 0.25) is 5.02 Å². The summed E-state index contributed by atoms with van der Waals surface area (Å²) in [6, 6.07) is 5.30. The number of anilines is 1. The van der Waals surface area contributed by atoms with Crippen molar-refractivity contribution in [3.8, 4) is 0 Å². The van der Waals surface area contributed by atoms with Crippen molar-refractivity contribution in [3.05, 3.63) is 28.8 Å². The molecule has 1 aromatic carbocycles. The van der Waals surface area contributed by atoms with Crippen molar-refractivity contribution in [1.29, 1.82) is 0 Å². The summed E-state index contributed by atoms with van der Waals surface area (Å²) in [7, 11) is 0. The van der Waals surface area contributed by atoms with Crippen LogP contribution in [0.5, 0.6) is 0 Å². The molecule has 82 valence electrons. The van der Waals surface area contributed by atoms with Gasteiger partial charge in [-0.1, -0.05) is 33.6 Å². The predicted octanol–water partition coefficient (Wildman–Crippen LogP) is 3.59. The largest absolute Gasteiger partial charge is 0.448 e. The lowest BCUT2D eigenvalue weighted by molar-refractivity contribution is 0.169. The van der Waals surface area contributed by atoms with Crippen LogP contribution < -0.4 is 5.32 Å². The summed E-state index contributed by atoms with van der Waals surface area (Å²) in [6.45, 7) is 2.24. The first-order valence-corrected chi connectivity index (χ1v) is 5.89. The van der Waals surface area contributed by atoms with Crippen LogP contribution in [0.15, 0.2) is 18.2 Å². The zero-order valence-electron chi connectivity index (χ0n) is 8.22. The molecule has 0 atom stereocenters. The lowest BCUT2D eigenvalue weighted by Crippen LogP contribution is -2.14. The minimum absolute atomic E-state index is 0.339. The molecule has 0 unspecified atom stereocenters. The fourth-order valence-corrected chi connectivity index (χ4v) is 1.30. The molecular weight excluding hydrogens is 281 g/mol. The van der Waals surface area contributed by atoms with Crippen molar-refractivity contribution in [2.24, 2.45) is 0 Å². The molecule has 0 heterocycles. The van der Waals surface area contributed by atoms with Crippen LogP contribution in [0, 0.1) is 6.92 Å². The van der Waals surface area contributed by atoms with E-state index in [2.05, 4.69) is 21.2 Å². The van der Waals surface area contributed by atoms with Crippen molar-refractivity contribution in [2.75, 3.05) is 17.3 Å². The SMILES string of the molecule is Cc1ccc(NC(=O)OCCBr)cc1Cl. The number of carbonyl (C=O) groups is 1. The number of rotatable bonds is 3. The third-order valence-electron chi connectivity index (χ3n) is 1.73. The second-order valence-corrected chi connectivity index (χ2v) is 4.11. The summed E-state index contributed by atoms with van der Waals surface area (Å²) in [5.41, 5.74) is 1.60. The van der Waals surface area contributed by atoms with E-state index in [9.17, 15) is 4.79 Å². The first-order valence-electron chi connectivity index (χ1n) is 4.39. The molecule has 5 heteroatoms. The van der Waals surface area contributed by atoms with Crippen LogP contribution in [0.3, 0.4) is 0 Å². The van der Waals surface area contributed by atoms with Gasteiger partial charge in [0.25, 0.3) is 0 Å². The summed E-state index contributed by atoms with van der Waals surface area (Å²) >= 11 is 9.06. The topological polar surface area (TPSA) is 38.3 Å². The molecule has 0 bridgehead atoms. The van der Waals surface area contributed by atoms with Gasteiger partial charge in [-0.2, -0.15) is 0 Å². The van der Waals surface area contributed by atoms with Crippen LogP contribution >= 0.6 is 27.5 Å². The van der Waals surface area contributed by atoms with Gasteiger partial charge < -0.3 is 4.74 Å². The summed E-state index contributed by atoms with van der Waals surface area (Å²) in [5, 5.41) is 3.82. The van der Waals surface area contributed by atoms with E-state index in [0.717, 1.165) is 5.56 Å². The van der Waals surface area contributed by atoms with Crippen molar-refractivity contribution < 1.29 is 9.53 Å². The molecule has 0 spiro atoms. The van der Waals surface area contributed by atoms with Gasteiger partial charge >= 0.3 is 6.09 Å². The molecule has 0 saturated heterocycles. The number of hydrogen-bond donors (Lipinski definition) is 1. The van der Waals surface area contributed by atoms with E-state index in [0.29, 0.717) is 22.6 Å². The Morgan fingerprint density at radius 3 is 2.93 bits per heavy atom. The maximum absolute atomic E-state index is 11.2. The Balaban J connectivity index is 2.57. The number of amides is 1. The average Bonchev–Trinajstić information content (AvgIpc) is 2.20. The van der Waals surface area contributed by atoms with Gasteiger partial charge in [-0.15, -0.1) is 0 Å². The van der Waals surface area contributed by atoms with Crippen LogP contribution in [-0.4, -0.2) is 18.0 Å². The van der Waals surface area contributed by atoms with Crippen LogP contribution in [0.4, 0.5) is 10.5 Å². The third-order valence-corrected chi connectivity index (χ3v) is 2.46. The summed E-state index contributed by atoms with van der Waals surface area (Å²) in [6.07, 6.45) is -0.477. The smallest absolute Gasteiger partial charge is 0.411 e. The number of ether oxygens (including phenoxy) is 1. The number of nitrogens with one attached hydrogen (secondary N) is 1. The molecule has 0 aromatic heterocycles. The molecule has 1 rings (SSSR count). The second-order valence-electron chi connectivity index (χ2n) is 2.91. The molecule has 0 saturated carbocycles. The third kappa shape index (κ3) is 4.10. The summed E-state index contributed by atoms with van der Waals surface area (Å²) < 4.78 is 4.83. The van der Waals surface area contributed by atoms with E-state index in [1.807, 2.05) is 13.0 Å². The molecule has 1 N–H and O–H groups in total. The quantitative estimate of drug-likeness (QED) is 0.865. The number of halogens is 2. The molecule has 0 radical (unpaired) electrons. The van der Waals surface area contributed by atoms with Gasteiger partial charge in [-0.25, -0.2) is 4.79 Å². The molecular formula is C10H11BrClNO2. The van der Waals surface area contributed by atoms with Crippen molar-refractivity contribution in [2.45, 2.75) is 6.92 Å². The van der Waals surface area contributed by atoms with Gasteiger partial charge in [0.05, 0.1) is 0 Å². The minimum atomic E-state index is -0.477. The molecule has 15 heavy (non-hydrogen) atoms. The van der Waals surface area contributed by atoms with Gasteiger partial charge in [-0.05, 0) is 24.6 Å². The highest BCUT2D eigenvalue weighted by Crippen LogP contribution is 2.19. The van der Waals surface area contributed by atoms with Gasteiger partial charge in [-0.3, -0.25) is 5.32 Å². The Labute approximate surface area is 102 Å². The van der Waals surface area contributed by atoms with Gasteiger partial charge in [0.2, 0.25) is 0 Å². The van der Waals surface area contributed by atoms with E-state index in [1.54, 1.807) is 12.1 Å². The first-order chi connectivity index (χ1) is 7.13. The molecule has 1 amide bonds. The van der Waals surface area contributed by atoms with Crippen LogP contribution in [-0.2, 0) is 4.74 Å². The first kappa shape index (κ1) is 12.3. The van der Waals surface area contributed by atoms with Gasteiger partial charge in [0, 0.05) is 16.0 Å². The van der Waals surface area contributed by atoms with Gasteiger partial charge in [0.1, 0.15) is 6.61 Å². The molecule has 0 aliphatic rings. The standard InChI is InChI=1S/C10H11BrClNO2/c1-7-2-3-8(6-9(7)12)13-10(14)15-5-4-11/h2-3,6H,4-5H2,1H3,(H,13,14). The monoisotopic (exact) mass is 291 g/mol. The molecule has 0 aliphatic carbocycles. The van der Waals surface area contributed by atoms with Crippen molar-refractivity contribution >= 4 is 39.3 Å².